The Kier molecular flexibility index (Phi) is 6.92. The van der Waals surface area contributed by atoms with Crippen LogP contribution in [-0.2, 0) is 21.2 Å². The van der Waals surface area contributed by atoms with Gasteiger partial charge in [0.25, 0.3) is 0 Å². The summed E-state index contributed by atoms with van der Waals surface area (Å²) >= 11 is 1.24. The monoisotopic (exact) mass is 467 g/mol. The molecule has 1 aromatic heterocycles. The zero-order valence-electron chi connectivity index (χ0n) is 17.2. The minimum atomic E-state index is -3.05. The van der Waals surface area contributed by atoms with Crippen molar-refractivity contribution in [1.29, 1.82) is 0 Å². The quantitative estimate of drug-likeness (QED) is 0.620. The number of likely N-dealkylation sites (tertiary alicyclic amines) is 1. The topological polar surface area (TPSA) is 97.2 Å². The number of amides is 1. The Balaban J connectivity index is 1.47. The van der Waals surface area contributed by atoms with E-state index in [0.717, 1.165) is 37.4 Å². The van der Waals surface area contributed by atoms with Gasteiger partial charge in [0.15, 0.2) is 20.8 Å². The largest absolute Gasteiger partial charge is 0.352 e. The summed E-state index contributed by atoms with van der Waals surface area (Å²) in [5, 5.41) is 12.0. The maximum Gasteiger partial charge on any atom is 0.230 e. The average molecular weight is 468 g/mol. The first-order valence-electron chi connectivity index (χ1n) is 10.4. The maximum atomic E-state index is 13.5. The van der Waals surface area contributed by atoms with E-state index in [9.17, 15) is 17.6 Å². The van der Waals surface area contributed by atoms with Crippen LogP contribution in [0.1, 0.15) is 31.5 Å². The summed E-state index contributed by atoms with van der Waals surface area (Å²) in [7, 11) is -3.05. The first kappa shape index (κ1) is 22.2. The van der Waals surface area contributed by atoms with Crippen molar-refractivity contribution in [2.45, 2.75) is 43.4 Å². The molecule has 0 aliphatic carbocycles. The summed E-state index contributed by atoms with van der Waals surface area (Å²) in [5.41, 5.74) is 0.739. The Bertz CT molecular complexity index is 1020. The van der Waals surface area contributed by atoms with Gasteiger partial charge in [-0.1, -0.05) is 18.2 Å². The predicted octanol–water partition coefficient (Wildman–Crippen LogP) is 1.79. The maximum absolute atomic E-state index is 13.5. The molecule has 3 heterocycles. The van der Waals surface area contributed by atoms with E-state index in [0.29, 0.717) is 18.1 Å². The molecule has 1 amide bonds. The van der Waals surface area contributed by atoms with Gasteiger partial charge < -0.3 is 5.32 Å². The lowest BCUT2D eigenvalue weighted by molar-refractivity contribution is -0.119. The van der Waals surface area contributed by atoms with Crippen molar-refractivity contribution in [3.8, 4) is 5.69 Å². The first-order chi connectivity index (χ1) is 14.9. The van der Waals surface area contributed by atoms with Crippen LogP contribution < -0.4 is 5.32 Å². The molecule has 0 bridgehead atoms. The SMILES string of the molecule is O=C(CSc1nnc(CN2CCCCC2)n1-c1ccc(F)cc1)N[C@@H]1CCS(=O)(=O)C1. The molecule has 8 nitrogen and oxygen atoms in total. The highest BCUT2D eigenvalue weighted by atomic mass is 32.2. The van der Waals surface area contributed by atoms with Gasteiger partial charge in [-0.25, -0.2) is 12.8 Å². The average Bonchev–Trinajstić information content (AvgIpc) is 3.30. The second-order valence-corrected chi connectivity index (χ2v) is 11.2. The summed E-state index contributed by atoms with van der Waals surface area (Å²) in [6, 6.07) is 5.80. The molecule has 2 aliphatic heterocycles. The Morgan fingerprint density at radius 1 is 1.16 bits per heavy atom. The minimum Gasteiger partial charge on any atom is -0.352 e. The van der Waals surface area contributed by atoms with Crippen LogP contribution in [0.2, 0.25) is 0 Å². The summed E-state index contributed by atoms with van der Waals surface area (Å²) in [5.74, 6) is 0.393. The van der Waals surface area contributed by atoms with E-state index in [2.05, 4.69) is 20.4 Å². The second kappa shape index (κ2) is 9.66. The molecular formula is C20H26FN5O3S2. The van der Waals surface area contributed by atoms with Gasteiger partial charge in [-0.05, 0) is 56.6 Å². The van der Waals surface area contributed by atoms with E-state index >= 15 is 0 Å². The molecule has 0 saturated carbocycles. The van der Waals surface area contributed by atoms with Gasteiger partial charge in [-0.2, -0.15) is 0 Å². The zero-order chi connectivity index (χ0) is 21.8. The van der Waals surface area contributed by atoms with Crippen molar-refractivity contribution >= 4 is 27.5 Å². The predicted molar refractivity (Wildman–Crippen MR) is 116 cm³/mol. The normalized spacial score (nSPS) is 21.3. The molecule has 0 radical (unpaired) electrons. The van der Waals surface area contributed by atoms with Gasteiger partial charge in [-0.3, -0.25) is 14.3 Å². The summed E-state index contributed by atoms with van der Waals surface area (Å²) in [6.45, 7) is 2.65. The van der Waals surface area contributed by atoms with Gasteiger partial charge in [0.1, 0.15) is 5.82 Å². The number of carbonyl (C=O) groups is 1. The molecule has 31 heavy (non-hydrogen) atoms. The van der Waals surface area contributed by atoms with Crippen LogP contribution >= 0.6 is 11.8 Å². The van der Waals surface area contributed by atoms with Gasteiger partial charge >= 0.3 is 0 Å². The van der Waals surface area contributed by atoms with Crippen molar-refractivity contribution < 1.29 is 17.6 Å². The smallest absolute Gasteiger partial charge is 0.230 e. The zero-order valence-corrected chi connectivity index (χ0v) is 18.8. The van der Waals surface area contributed by atoms with E-state index in [1.54, 1.807) is 12.1 Å². The number of aromatic nitrogens is 3. The van der Waals surface area contributed by atoms with Crippen LogP contribution in [0.4, 0.5) is 4.39 Å². The highest BCUT2D eigenvalue weighted by Crippen LogP contribution is 2.24. The third-order valence-electron chi connectivity index (χ3n) is 5.53. The molecule has 2 fully saturated rings. The number of benzene rings is 1. The number of carbonyl (C=O) groups excluding carboxylic acids is 1. The Labute approximate surface area is 185 Å². The molecule has 2 saturated heterocycles. The van der Waals surface area contributed by atoms with E-state index < -0.39 is 9.84 Å². The third kappa shape index (κ3) is 5.83. The van der Waals surface area contributed by atoms with E-state index in [4.69, 9.17) is 0 Å². The third-order valence-corrected chi connectivity index (χ3v) is 8.23. The van der Waals surface area contributed by atoms with Gasteiger partial charge in [0.05, 0.1) is 23.8 Å². The van der Waals surface area contributed by atoms with E-state index in [-0.39, 0.29) is 35.0 Å². The Morgan fingerprint density at radius 3 is 2.58 bits per heavy atom. The summed E-state index contributed by atoms with van der Waals surface area (Å²) in [6.07, 6.45) is 4.00. The molecule has 2 aliphatic rings. The van der Waals surface area contributed by atoms with Crippen molar-refractivity contribution in [3.63, 3.8) is 0 Å². The van der Waals surface area contributed by atoms with Crippen molar-refractivity contribution in [2.24, 2.45) is 0 Å². The number of hydrogen-bond acceptors (Lipinski definition) is 7. The molecule has 1 N–H and O–H groups in total. The van der Waals surface area contributed by atoms with E-state index in [1.165, 1.54) is 30.3 Å². The first-order valence-corrected chi connectivity index (χ1v) is 13.3. The number of halogens is 1. The molecule has 11 heteroatoms. The number of rotatable bonds is 7. The molecular weight excluding hydrogens is 441 g/mol. The number of sulfone groups is 1. The van der Waals surface area contributed by atoms with Crippen LogP contribution in [0.25, 0.3) is 5.69 Å². The number of hydrogen-bond donors (Lipinski definition) is 1. The second-order valence-electron chi connectivity index (χ2n) is 8.00. The fourth-order valence-electron chi connectivity index (χ4n) is 3.97. The highest BCUT2D eigenvalue weighted by molar-refractivity contribution is 7.99. The molecule has 0 unspecified atom stereocenters. The van der Waals surface area contributed by atoms with Crippen molar-refractivity contribution in [1.82, 2.24) is 25.0 Å². The molecule has 1 aromatic carbocycles. The van der Waals surface area contributed by atoms with Crippen LogP contribution in [0, 0.1) is 5.82 Å². The molecule has 1 atom stereocenters. The number of nitrogens with one attached hydrogen (secondary N) is 1. The number of nitrogens with zero attached hydrogens (tertiary/aromatic N) is 4. The minimum absolute atomic E-state index is 0.00481. The molecule has 4 rings (SSSR count). The molecule has 168 valence electrons. The summed E-state index contributed by atoms with van der Waals surface area (Å²) < 4.78 is 38.5. The van der Waals surface area contributed by atoms with Gasteiger partial charge in [0.2, 0.25) is 5.91 Å². The van der Waals surface area contributed by atoms with Crippen molar-refractivity contribution in [2.75, 3.05) is 30.3 Å². The number of thioether (sulfide) groups is 1. The molecule has 0 spiro atoms. The van der Waals surface area contributed by atoms with Crippen LogP contribution in [-0.4, -0.2) is 70.4 Å². The summed E-state index contributed by atoms with van der Waals surface area (Å²) in [4.78, 5) is 14.7. The van der Waals surface area contributed by atoms with Crippen LogP contribution in [0.5, 0.6) is 0 Å². The van der Waals surface area contributed by atoms with Crippen LogP contribution in [0.15, 0.2) is 29.4 Å². The van der Waals surface area contributed by atoms with Gasteiger partial charge in [-0.15, -0.1) is 10.2 Å². The van der Waals surface area contributed by atoms with Gasteiger partial charge in [0, 0.05) is 11.7 Å². The van der Waals surface area contributed by atoms with Crippen LogP contribution in [0.3, 0.4) is 0 Å². The number of piperidine rings is 1. The van der Waals surface area contributed by atoms with E-state index in [1.807, 2.05) is 4.57 Å². The molecule has 2 aromatic rings. The highest BCUT2D eigenvalue weighted by Gasteiger charge is 2.29. The fraction of sp³-hybridized carbons (Fsp3) is 0.550. The standard InChI is InChI=1S/C20H26FN5O3S2/c21-15-4-6-17(7-5-15)26-18(12-25-9-2-1-3-10-25)23-24-20(26)30-13-19(27)22-16-8-11-31(28,29)14-16/h4-7,16H,1-3,8-14H2,(H,22,27)/t16-/m1/s1. The lowest BCUT2D eigenvalue weighted by Crippen LogP contribution is -2.36. The fourth-order valence-corrected chi connectivity index (χ4v) is 6.43. The Morgan fingerprint density at radius 2 is 1.90 bits per heavy atom. The Hall–Kier alpha value is -1.98. The lowest BCUT2D eigenvalue weighted by Gasteiger charge is -2.26. The lowest BCUT2D eigenvalue weighted by atomic mass is 10.1. The van der Waals surface area contributed by atoms with Crippen molar-refractivity contribution in [3.05, 3.63) is 35.9 Å².